The van der Waals surface area contributed by atoms with Crippen LogP contribution in [-0.4, -0.2) is 23.7 Å². The second-order valence-corrected chi connectivity index (χ2v) is 5.77. The number of hydrogen-bond donors (Lipinski definition) is 2. The van der Waals surface area contributed by atoms with E-state index in [2.05, 4.69) is 5.32 Å². The van der Waals surface area contributed by atoms with Crippen molar-refractivity contribution in [3.63, 3.8) is 0 Å². The van der Waals surface area contributed by atoms with Gasteiger partial charge < -0.3 is 10.4 Å². The van der Waals surface area contributed by atoms with Crippen LogP contribution in [0, 0.1) is 5.92 Å². The number of carbonyl (C=O) groups excluding carboxylic acids is 1. The third-order valence-corrected chi connectivity index (χ3v) is 4.24. The average Bonchev–Trinajstić information content (AvgIpc) is 2.86. The van der Waals surface area contributed by atoms with Crippen LogP contribution in [-0.2, 0) is 0 Å². The molecule has 0 radical (unpaired) electrons. The molecule has 1 amide bonds. The van der Waals surface area contributed by atoms with Gasteiger partial charge in [-0.15, -0.1) is 11.3 Å². The van der Waals surface area contributed by atoms with Gasteiger partial charge in [-0.05, 0) is 25.0 Å². The fourth-order valence-electron chi connectivity index (χ4n) is 2.12. The summed E-state index contributed by atoms with van der Waals surface area (Å²) in [4.78, 5) is 12.5. The molecule has 1 heterocycles. The summed E-state index contributed by atoms with van der Waals surface area (Å²) in [5, 5.41) is 12.1. The van der Waals surface area contributed by atoms with Crippen molar-refractivity contribution in [2.24, 2.45) is 5.92 Å². The van der Waals surface area contributed by atoms with Gasteiger partial charge in [-0.3, -0.25) is 4.79 Å². The van der Waals surface area contributed by atoms with Crippen LogP contribution in [0.1, 0.15) is 28.9 Å². The number of halogens is 1. The Labute approximate surface area is 103 Å². The molecule has 1 aromatic heterocycles. The Kier molecular flexibility index (Phi) is 3.84. The van der Waals surface area contributed by atoms with Gasteiger partial charge >= 0.3 is 0 Å². The first-order valence-electron chi connectivity index (χ1n) is 5.38. The molecule has 16 heavy (non-hydrogen) atoms. The lowest BCUT2D eigenvalue weighted by Gasteiger charge is -2.18. The summed E-state index contributed by atoms with van der Waals surface area (Å²) in [5.41, 5.74) is 0. The van der Waals surface area contributed by atoms with E-state index in [-0.39, 0.29) is 24.5 Å². The van der Waals surface area contributed by atoms with E-state index in [9.17, 15) is 4.79 Å². The zero-order valence-electron chi connectivity index (χ0n) is 8.78. The van der Waals surface area contributed by atoms with E-state index in [4.69, 9.17) is 16.7 Å². The summed E-state index contributed by atoms with van der Waals surface area (Å²) in [6.07, 6.45) is 3.02. The van der Waals surface area contributed by atoms with Gasteiger partial charge in [0.2, 0.25) is 0 Å². The molecule has 2 atom stereocenters. The number of aliphatic hydroxyl groups is 1. The fourth-order valence-corrected chi connectivity index (χ4v) is 3.07. The highest BCUT2D eigenvalue weighted by Crippen LogP contribution is 2.26. The molecular weight excluding hydrogens is 246 g/mol. The number of carbonyl (C=O) groups is 1. The Morgan fingerprint density at radius 1 is 1.56 bits per heavy atom. The summed E-state index contributed by atoms with van der Waals surface area (Å²) in [6.45, 7) is 0.149. The highest BCUT2D eigenvalue weighted by Gasteiger charge is 2.28. The molecule has 0 spiro atoms. The Balaban J connectivity index is 1.97. The number of aliphatic hydroxyl groups excluding tert-OH is 1. The minimum atomic E-state index is -0.0813. The maximum Gasteiger partial charge on any atom is 0.261 e. The zero-order chi connectivity index (χ0) is 11.5. The van der Waals surface area contributed by atoms with Gasteiger partial charge in [-0.2, -0.15) is 0 Å². The first-order valence-corrected chi connectivity index (χ1v) is 6.57. The van der Waals surface area contributed by atoms with Crippen LogP contribution in [0.15, 0.2) is 12.1 Å². The Bertz CT molecular complexity index is 380. The maximum absolute atomic E-state index is 11.8. The normalized spacial score (nSPS) is 24.6. The molecule has 0 saturated heterocycles. The van der Waals surface area contributed by atoms with Crippen molar-refractivity contribution in [2.45, 2.75) is 25.3 Å². The molecule has 1 aromatic rings. The molecule has 2 N–H and O–H groups in total. The fraction of sp³-hybridized carbons (Fsp3) is 0.545. The van der Waals surface area contributed by atoms with Gasteiger partial charge in [0.15, 0.2) is 0 Å². The Morgan fingerprint density at radius 2 is 2.38 bits per heavy atom. The Hall–Kier alpha value is -0.580. The lowest BCUT2D eigenvalue weighted by atomic mass is 10.1. The summed E-state index contributed by atoms with van der Waals surface area (Å²) >= 11 is 7.05. The standard InChI is InChI=1S/C11H14ClNO2S/c12-10-5-4-9(16-10)11(15)13-8-3-1-2-7(8)6-14/h4-5,7-8,14H,1-3,6H2,(H,13,15). The first kappa shape index (κ1) is 11.9. The van der Waals surface area contributed by atoms with Crippen molar-refractivity contribution < 1.29 is 9.90 Å². The number of hydrogen-bond acceptors (Lipinski definition) is 3. The van der Waals surface area contributed by atoms with Crippen molar-refractivity contribution in [3.8, 4) is 0 Å². The van der Waals surface area contributed by atoms with Crippen LogP contribution in [0.5, 0.6) is 0 Å². The zero-order valence-corrected chi connectivity index (χ0v) is 10.4. The molecule has 3 nitrogen and oxygen atoms in total. The summed E-state index contributed by atoms with van der Waals surface area (Å²) < 4.78 is 0.621. The van der Waals surface area contributed by atoms with Crippen LogP contribution in [0.4, 0.5) is 0 Å². The van der Waals surface area contributed by atoms with Crippen molar-refractivity contribution in [1.82, 2.24) is 5.32 Å². The third-order valence-electron chi connectivity index (χ3n) is 3.01. The van der Waals surface area contributed by atoms with E-state index in [1.54, 1.807) is 12.1 Å². The molecule has 1 fully saturated rings. The second-order valence-electron chi connectivity index (χ2n) is 4.06. The largest absolute Gasteiger partial charge is 0.396 e. The van der Waals surface area contributed by atoms with E-state index >= 15 is 0 Å². The lowest BCUT2D eigenvalue weighted by molar-refractivity contribution is 0.0920. The van der Waals surface area contributed by atoms with Crippen molar-refractivity contribution >= 4 is 28.8 Å². The molecule has 0 aromatic carbocycles. The monoisotopic (exact) mass is 259 g/mol. The van der Waals surface area contributed by atoms with Gasteiger partial charge in [0.1, 0.15) is 0 Å². The van der Waals surface area contributed by atoms with Gasteiger partial charge in [0.25, 0.3) is 5.91 Å². The highest BCUT2D eigenvalue weighted by atomic mass is 35.5. The number of thiophene rings is 1. The molecule has 0 bridgehead atoms. The van der Waals surface area contributed by atoms with Gasteiger partial charge in [0.05, 0.1) is 9.21 Å². The molecule has 1 aliphatic carbocycles. The van der Waals surface area contributed by atoms with E-state index in [1.165, 1.54) is 11.3 Å². The predicted molar refractivity (Wildman–Crippen MR) is 65.0 cm³/mol. The highest BCUT2D eigenvalue weighted by molar-refractivity contribution is 7.17. The molecule has 88 valence electrons. The minimum Gasteiger partial charge on any atom is -0.396 e. The average molecular weight is 260 g/mol. The molecule has 5 heteroatoms. The summed E-state index contributed by atoms with van der Waals surface area (Å²) in [5.74, 6) is 0.127. The number of nitrogens with one attached hydrogen (secondary N) is 1. The van der Waals surface area contributed by atoms with Crippen LogP contribution in [0.3, 0.4) is 0 Å². The quantitative estimate of drug-likeness (QED) is 0.875. The maximum atomic E-state index is 11.8. The first-order chi connectivity index (χ1) is 7.70. The smallest absolute Gasteiger partial charge is 0.261 e. The van der Waals surface area contributed by atoms with Crippen LogP contribution in [0.2, 0.25) is 4.34 Å². The molecule has 2 unspecified atom stereocenters. The van der Waals surface area contributed by atoms with E-state index < -0.39 is 0 Å². The third kappa shape index (κ3) is 2.56. The lowest BCUT2D eigenvalue weighted by Crippen LogP contribution is -2.38. The molecule has 1 saturated carbocycles. The van der Waals surface area contributed by atoms with Crippen LogP contribution < -0.4 is 5.32 Å². The Morgan fingerprint density at radius 3 is 3.00 bits per heavy atom. The minimum absolute atomic E-state index is 0.0813. The van der Waals surface area contributed by atoms with Gasteiger partial charge in [0, 0.05) is 18.6 Å². The van der Waals surface area contributed by atoms with Crippen LogP contribution in [0.25, 0.3) is 0 Å². The van der Waals surface area contributed by atoms with Gasteiger partial charge in [-0.25, -0.2) is 0 Å². The van der Waals surface area contributed by atoms with Crippen molar-refractivity contribution in [1.29, 1.82) is 0 Å². The van der Waals surface area contributed by atoms with E-state index in [0.29, 0.717) is 9.21 Å². The van der Waals surface area contributed by atoms with Crippen molar-refractivity contribution in [2.75, 3.05) is 6.61 Å². The topological polar surface area (TPSA) is 49.3 Å². The van der Waals surface area contributed by atoms with E-state index in [1.807, 2.05) is 0 Å². The van der Waals surface area contributed by atoms with Gasteiger partial charge in [-0.1, -0.05) is 18.0 Å². The molecule has 0 aliphatic heterocycles. The molecule has 2 rings (SSSR count). The molecular formula is C11H14ClNO2S. The SMILES string of the molecule is O=C(NC1CCCC1CO)c1ccc(Cl)s1. The summed E-state index contributed by atoms with van der Waals surface area (Å²) in [7, 11) is 0. The van der Waals surface area contributed by atoms with Crippen LogP contribution >= 0.6 is 22.9 Å². The summed E-state index contributed by atoms with van der Waals surface area (Å²) in [6, 6.07) is 3.56. The number of rotatable bonds is 3. The molecule has 1 aliphatic rings. The van der Waals surface area contributed by atoms with Crippen molar-refractivity contribution in [3.05, 3.63) is 21.3 Å². The van der Waals surface area contributed by atoms with E-state index in [0.717, 1.165) is 19.3 Å². The second kappa shape index (κ2) is 5.17. The predicted octanol–water partition coefficient (Wildman–Crippen LogP) is 2.29. The number of amides is 1.